The molecule has 4 aromatic rings. The third kappa shape index (κ3) is 4.52. The molecule has 0 atom stereocenters. The number of hydrogen-bond donors (Lipinski definition) is 0. The van der Waals surface area contributed by atoms with Crippen LogP contribution in [-0.4, -0.2) is 63.7 Å². The van der Waals surface area contributed by atoms with E-state index in [0.29, 0.717) is 24.2 Å². The molecule has 1 aromatic carbocycles. The number of anilines is 1. The molecule has 0 amide bonds. The molecule has 1 fully saturated rings. The summed E-state index contributed by atoms with van der Waals surface area (Å²) < 4.78 is 16.7. The Morgan fingerprint density at radius 1 is 1.10 bits per heavy atom. The summed E-state index contributed by atoms with van der Waals surface area (Å²) in [5.74, 6) is 2.83. The number of ether oxygens (including phenoxy) is 1. The van der Waals surface area contributed by atoms with Crippen LogP contribution >= 0.6 is 11.5 Å². The minimum absolute atomic E-state index is 0.538. The van der Waals surface area contributed by atoms with Gasteiger partial charge in [0.25, 0.3) is 0 Å². The van der Waals surface area contributed by atoms with E-state index in [1.165, 1.54) is 10.1 Å². The molecule has 3 aromatic heterocycles. The maximum Gasteiger partial charge on any atom is 0.223 e. The van der Waals surface area contributed by atoms with Gasteiger partial charge in [-0.2, -0.15) is 9.36 Å². The zero-order chi connectivity index (χ0) is 21.0. The highest BCUT2D eigenvalue weighted by Gasteiger charge is 2.20. The number of benzene rings is 1. The molecule has 160 valence electrons. The second kappa shape index (κ2) is 8.99. The Hall–Kier alpha value is -3.04. The van der Waals surface area contributed by atoms with Gasteiger partial charge in [-0.3, -0.25) is 4.90 Å². The number of hydrogen-bond acceptors (Lipinski definition) is 9. The summed E-state index contributed by atoms with van der Waals surface area (Å²) in [5, 5.41) is 5.17. The fraction of sp³-hybridized carbons (Fsp3) is 0.364. The van der Waals surface area contributed by atoms with Crippen molar-refractivity contribution in [2.45, 2.75) is 13.3 Å². The van der Waals surface area contributed by atoms with Crippen molar-refractivity contribution in [2.75, 3.05) is 44.2 Å². The summed E-state index contributed by atoms with van der Waals surface area (Å²) in [5.41, 5.74) is 0.815. The number of aryl methyl sites for hydroxylation is 1. The number of rotatable bonds is 7. The van der Waals surface area contributed by atoms with Crippen LogP contribution in [0.3, 0.4) is 0 Å². The highest BCUT2D eigenvalue weighted by molar-refractivity contribution is 7.13. The van der Waals surface area contributed by atoms with Crippen LogP contribution < -0.4 is 9.64 Å². The normalized spacial score (nSPS) is 14.9. The van der Waals surface area contributed by atoms with Crippen LogP contribution in [-0.2, 0) is 0 Å². The molecule has 31 heavy (non-hydrogen) atoms. The standard InChI is InChI=1S/C22H24N6O2S/c1-16-24-21(25-30-16)17-7-8-20(23-15-17)29-14-4-9-27-10-12-28(13-11-27)22-18-5-2-3-6-19(18)31-26-22/h2-3,5-8,15H,4,9-14H2,1H3. The first-order chi connectivity index (χ1) is 15.3. The van der Waals surface area contributed by atoms with Gasteiger partial charge in [0.15, 0.2) is 0 Å². The summed E-state index contributed by atoms with van der Waals surface area (Å²) in [6.45, 7) is 7.53. The van der Waals surface area contributed by atoms with Crippen molar-refractivity contribution >= 4 is 27.4 Å². The average Bonchev–Trinajstić information content (AvgIpc) is 3.44. The number of aromatic nitrogens is 4. The van der Waals surface area contributed by atoms with Crippen LogP contribution in [0.2, 0.25) is 0 Å². The van der Waals surface area contributed by atoms with Crippen LogP contribution in [0.15, 0.2) is 47.1 Å². The second-order valence-corrected chi connectivity index (χ2v) is 8.36. The van der Waals surface area contributed by atoms with Crippen molar-refractivity contribution < 1.29 is 9.26 Å². The second-order valence-electron chi connectivity index (χ2n) is 7.56. The quantitative estimate of drug-likeness (QED) is 0.406. The summed E-state index contributed by atoms with van der Waals surface area (Å²) in [7, 11) is 0. The number of fused-ring (bicyclic) bond motifs is 1. The monoisotopic (exact) mass is 436 g/mol. The summed E-state index contributed by atoms with van der Waals surface area (Å²) >= 11 is 1.58. The Bertz CT molecular complexity index is 1130. The van der Waals surface area contributed by atoms with E-state index < -0.39 is 0 Å². The predicted molar refractivity (Wildman–Crippen MR) is 121 cm³/mol. The molecule has 8 nitrogen and oxygen atoms in total. The van der Waals surface area contributed by atoms with E-state index in [1.807, 2.05) is 12.1 Å². The maximum atomic E-state index is 5.80. The number of nitrogens with zero attached hydrogens (tertiary/aromatic N) is 6. The Kier molecular flexibility index (Phi) is 5.77. The first kappa shape index (κ1) is 19.9. The molecule has 4 heterocycles. The lowest BCUT2D eigenvalue weighted by Crippen LogP contribution is -2.47. The molecule has 0 N–H and O–H groups in total. The fourth-order valence-electron chi connectivity index (χ4n) is 3.76. The molecule has 1 aliphatic heterocycles. The highest BCUT2D eigenvalue weighted by atomic mass is 32.1. The van der Waals surface area contributed by atoms with Crippen LogP contribution in [0.5, 0.6) is 5.88 Å². The third-order valence-corrected chi connectivity index (χ3v) is 6.24. The molecule has 1 aliphatic rings. The Morgan fingerprint density at radius 3 is 2.74 bits per heavy atom. The predicted octanol–water partition coefficient (Wildman–Crippen LogP) is 3.64. The van der Waals surface area contributed by atoms with E-state index in [-0.39, 0.29) is 0 Å². The van der Waals surface area contributed by atoms with E-state index in [4.69, 9.17) is 9.26 Å². The SMILES string of the molecule is Cc1nc(-c2ccc(OCCCN3CCN(c4nsc5ccccc45)CC3)nc2)no1. The van der Waals surface area contributed by atoms with Crippen LogP contribution in [0.25, 0.3) is 21.5 Å². The molecule has 5 rings (SSSR count). The third-order valence-electron chi connectivity index (χ3n) is 5.42. The fourth-order valence-corrected chi connectivity index (χ4v) is 4.56. The molecule has 0 spiro atoms. The summed E-state index contributed by atoms with van der Waals surface area (Å²) in [6, 6.07) is 12.2. The lowest BCUT2D eigenvalue weighted by Gasteiger charge is -2.35. The van der Waals surface area contributed by atoms with Crippen molar-refractivity contribution in [3.8, 4) is 17.3 Å². The lowest BCUT2D eigenvalue weighted by atomic mass is 10.2. The number of pyridine rings is 1. The molecule has 1 saturated heterocycles. The topological polar surface area (TPSA) is 80.4 Å². The van der Waals surface area contributed by atoms with Crippen LogP contribution in [0, 0.1) is 6.92 Å². The molecular formula is C22H24N6O2S. The zero-order valence-corrected chi connectivity index (χ0v) is 18.2. The molecule has 0 bridgehead atoms. The van der Waals surface area contributed by atoms with Crippen molar-refractivity contribution in [1.82, 2.24) is 24.4 Å². The molecule has 0 unspecified atom stereocenters. The van der Waals surface area contributed by atoms with Gasteiger partial charge >= 0.3 is 0 Å². The molecule has 9 heteroatoms. The van der Waals surface area contributed by atoms with Crippen molar-refractivity contribution in [3.05, 3.63) is 48.5 Å². The minimum atomic E-state index is 0.538. The van der Waals surface area contributed by atoms with Gasteiger partial charge in [-0.15, -0.1) is 0 Å². The largest absolute Gasteiger partial charge is 0.478 e. The Labute approximate surface area is 184 Å². The van der Waals surface area contributed by atoms with Crippen LogP contribution in [0.1, 0.15) is 12.3 Å². The molecule has 0 radical (unpaired) electrons. The van der Waals surface area contributed by atoms with E-state index in [9.17, 15) is 0 Å². The van der Waals surface area contributed by atoms with E-state index in [2.05, 4.69) is 53.6 Å². The molecule has 0 saturated carbocycles. The van der Waals surface area contributed by atoms with Gasteiger partial charge in [-0.1, -0.05) is 17.3 Å². The maximum absolute atomic E-state index is 5.80. The smallest absolute Gasteiger partial charge is 0.223 e. The van der Waals surface area contributed by atoms with Gasteiger partial charge in [-0.25, -0.2) is 4.98 Å². The van der Waals surface area contributed by atoms with Gasteiger partial charge in [0, 0.05) is 62.9 Å². The molecular weight excluding hydrogens is 412 g/mol. The summed E-state index contributed by atoms with van der Waals surface area (Å²) in [6.07, 6.45) is 2.67. The molecule has 0 aliphatic carbocycles. The summed E-state index contributed by atoms with van der Waals surface area (Å²) in [4.78, 5) is 13.4. The Morgan fingerprint density at radius 2 is 1.97 bits per heavy atom. The van der Waals surface area contributed by atoms with E-state index >= 15 is 0 Å². The van der Waals surface area contributed by atoms with Gasteiger partial charge in [0.1, 0.15) is 5.82 Å². The Balaban J connectivity index is 1.05. The number of piperazine rings is 1. The van der Waals surface area contributed by atoms with Gasteiger partial charge in [0.05, 0.1) is 11.3 Å². The van der Waals surface area contributed by atoms with Crippen molar-refractivity contribution in [1.29, 1.82) is 0 Å². The first-order valence-corrected chi connectivity index (χ1v) is 11.2. The van der Waals surface area contributed by atoms with Gasteiger partial charge in [0.2, 0.25) is 17.6 Å². The van der Waals surface area contributed by atoms with E-state index in [0.717, 1.165) is 50.5 Å². The van der Waals surface area contributed by atoms with Crippen LogP contribution in [0.4, 0.5) is 5.82 Å². The lowest BCUT2D eigenvalue weighted by molar-refractivity contribution is 0.222. The van der Waals surface area contributed by atoms with Crippen molar-refractivity contribution in [3.63, 3.8) is 0 Å². The highest BCUT2D eigenvalue weighted by Crippen LogP contribution is 2.29. The minimum Gasteiger partial charge on any atom is -0.478 e. The van der Waals surface area contributed by atoms with Crippen molar-refractivity contribution in [2.24, 2.45) is 0 Å². The first-order valence-electron chi connectivity index (χ1n) is 10.5. The van der Waals surface area contributed by atoms with E-state index in [1.54, 1.807) is 24.7 Å². The van der Waals surface area contributed by atoms with Gasteiger partial charge in [-0.05, 0) is 36.2 Å². The van der Waals surface area contributed by atoms with Gasteiger partial charge < -0.3 is 14.2 Å². The zero-order valence-electron chi connectivity index (χ0n) is 17.4. The average molecular weight is 437 g/mol.